The summed E-state index contributed by atoms with van der Waals surface area (Å²) in [6.07, 6.45) is 3.77. The molecule has 2 nitrogen and oxygen atoms in total. The first-order chi connectivity index (χ1) is 8.74. The summed E-state index contributed by atoms with van der Waals surface area (Å²) in [5, 5.41) is 0. The summed E-state index contributed by atoms with van der Waals surface area (Å²) >= 11 is 0. The van der Waals surface area contributed by atoms with Gasteiger partial charge >= 0.3 is 0 Å². The van der Waals surface area contributed by atoms with Crippen molar-refractivity contribution in [2.75, 3.05) is 13.1 Å². The molecule has 0 saturated carbocycles. The SMILES string of the molecule is CCC1CCCN(Cc2cccc(CN)c2F)C1. The van der Waals surface area contributed by atoms with Crippen LogP contribution in [0.3, 0.4) is 0 Å². The fourth-order valence-corrected chi connectivity index (χ4v) is 2.78. The number of piperidine rings is 1. The van der Waals surface area contributed by atoms with Crippen molar-refractivity contribution in [3.8, 4) is 0 Å². The molecule has 0 spiro atoms. The van der Waals surface area contributed by atoms with Crippen LogP contribution in [0.1, 0.15) is 37.3 Å². The molecule has 2 N–H and O–H groups in total. The van der Waals surface area contributed by atoms with Crippen molar-refractivity contribution in [1.82, 2.24) is 4.90 Å². The van der Waals surface area contributed by atoms with E-state index in [4.69, 9.17) is 5.73 Å². The molecular formula is C15H23FN2. The van der Waals surface area contributed by atoms with Gasteiger partial charge in [0.1, 0.15) is 5.82 Å². The van der Waals surface area contributed by atoms with E-state index in [1.54, 1.807) is 6.07 Å². The molecule has 1 aliphatic rings. The van der Waals surface area contributed by atoms with Crippen LogP contribution in [-0.4, -0.2) is 18.0 Å². The number of benzene rings is 1. The first kappa shape index (κ1) is 13.5. The van der Waals surface area contributed by atoms with Crippen LogP contribution in [-0.2, 0) is 13.1 Å². The number of nitrogens with two attached hydrogens (primary N) is 1. The summed E-state index contributed by atoms with van der Waals surface area (Å²) in [6.45, 7) is 5.42. The van der Waals surface area contributed by atoms with Gasteiger partial charge in [-0.1, -0.05) is 31.5 Å². The maximum absolute atomic E-state index is 14.1. The Morgan fingerprint density at radius 2 is 2.17 bits per heavy atom. The number of nitrogens with zero attached hydrogens (tertiary/aromatic N) is 1. The summed E-state index contributed by atoms with van der Waals surface area (Å²) in [7, 11) is 0. The second-order valence-electron chi connectivity index (χ2n) is 5.25. The molecule has 3 heteroatoms. The van der Waals surface area contributed by atoms with Gasteiger partial charge in [-0.25, -0.2) is 4.39 Å². The van der Waals surface area contributed by atoms with Crippen molar-refractivity contribution in [3.05, 3.63) is 35.1 Å². The molecule has 1 aliphatic heterocycles. The predicted octanol–water partition coefficient (Wildman–Crippen LogP) is 2.91. The first-order valence-corrected chi connectivity index (χ1v) is 6.93. The Hall–Kier alpha value is -0.930. The van der Waals surface area contributed by atoms with Gasteiger partial charge in [0.25, 0.3) is 0 Å². The molecule has 2 rings (SSSR count). The van der Waals surface area contributed by atoms with Gasteiger partial charge in [-0.2, -0.15) is 0 Å². The number of hydrogen-bond donors (Lipinski definition) is 1. The summed E-state index contributed by atoms with van der Waals surface area (Å²) in [4.78, 5) is 2.37. The third-order valence-corrected chi connectivity index (χ3v) is 3.95. The molecule has 1 aromatic carbocycles. The van der Waals surface area contributed by atoms with Gasteiger partial charge in [0.15, 0.2) is 0 Å². The third-order valence-electron chi connectivity index (χ3n) is 3.95. The molecule has 1 saturated heterocycles. The van der Waals surface area contributed by atoms with E-state index in [9.17, 15) is 4.39 Å². The Morgan fingerprint density at radius 3 is 2.89 bits per heavy atom. The zero-order valence-electron chi connectivity index (χ0n) is 11.2. The molecule has 0 bridgehead atoms. The Balaban J connectivity index is 2.04. The third kappa shape index (κ3) is 3.09. The van der Waals surface area contributed by atoms with Crippen molar-refractivity contribution in [3.63, 3.8) is 0 Å². The minimum atomic E-state index is -0.112. The second kappa shape index (κ2) is 6.30. The second-order valence-corrected chi connectivity index (χ2v) is 5.25. The first-order valence-electron chi connectivity index (χ1n) is 6.93. The van der Waals surface area contributed by atoms with Crippen LogP contribution >= 0.6 is 0 Å². The van der Waals surface area contributed by atoms with Crippen LogP contribution in [0.4, 0.5) is 4.39 Å². The summed E-state index contributed by atoms with van der Waals surface area (Å²) < 4.78 is 14.1. The number of hydrogen-bond acceptors (Lipinski definition) is 2. The van der Waals surface area contributed by atoms with E-state index in [2.05, 4.69) is 11.8 Å². The van der Waals surface area contributed by atoms with Crippen molar-refractivity contribution in [1.29, 1.82) is 0 Å². The zero-order valence-corrected chi connectivity index (χ0v) is 11.2. The lowest BCUT2D eigenvalue weighted by atomic mass is 9.95. The fraction of sp³-hybridized carbons (Fsp3) is 0.600. The molecule has 0 aromatic heterocycles. The molecule has 0 amide bonds. The molecule has 1 unspecified atom stereocenters. The van der Waals surface area contributed by atoms with Gasteiger partial charge in [0.2, 0.25) is 0 Å². The largest absolute Gasteiger partial charge is 0.326 e. The summed E-state index contributed by atoms with van der Waals surface area (Å²) in [5.74, 6) is 0.665. The van der Waals surface area contributed by atoms with E-state index in [1.165, 1.54) is 19.3 Å². The average molecular weight is 250 g/mol. The summed E-state index contributed by atoms with van der Waals surface area (Å²) in [5.41, 5.74) is 6.95. The van der Waals surface area contributed by atoms with Crippen molar-refractivity contribution < 1.29 is 4.39 Å². The van der Waals surface area contributed by atoms with Gasteiger partial charge in [0.05, 0.1) is 0 Å². The van der Waals surface area contributed by atoms with Crippen molar-refractivity contribution >= 4 is 0 Å². The van der Waals surface area contributed by atoms with E-state index in [0.29, 0.717) is 5.56 Å². The molecular weight excluding hydrogens is 227 g/mol. The highest BCUT2D eigenvalue weighted by Crippen LogP contribution is 2.22. The lowest BCUT2D eigenvalue weighted by Crippen LogP contribution is -2.34. The maximum atomic E-state index is 14.1. The smallest absolute Gasteiger partial charge is 0.132 e. The van der Waals surface area contributed by atoms with E-state index >= 15 is 0 Å². The molecule has 18 heavy (non-hydrogen) atoms. The number of likely N-dealkylation sites (tertiary alicyclic amines) is 1. The highest BCUT2D eigenvalue weighted by Gasteiger charge is 2.19. The van der Waals surface area contributed by atoms with Crippen LogP contribution in [0.15, 0.2) is 18.2 Å². The minimum Gasteiger partial charge on any atom is -0.326 e. The molecule has 1 aromatic rings. The average Bonchev–Trinajstić information content (AvgIpc) is 2.41. The zero-order chi connectivity index (χ0) is 13.0. The van der Waals surface area contributed by atoms with Gasteiger partial charge in [-0.3, -0.25) is 4.90 Å². The van der Waals surface area contributed by atoms with Gasteiger partial charge in [-0.05, 0) is 25.3 Å². The van der Waals surface area contributed by atoms with Crippen LogP contribution in [0.25, 0.3) is 0 Å². The fourth-order valence-electron chi connectivity index (χ4n) is 2.78. The quantitative estimate of drug-likeness (QED) is 0.890. The number of halogens is 1. The van der Waals surface area contributed by atoms with Gasteiger partial charge < -0.3 is 5.73 Å². The highest BCUT2D eigenvalue weighted by molar-refractivity contribution is 5.25. The monoisotopic (exact) mass is 250 g/mol. The summed E-state index contributed by atoms with van der Waals surface area (Å²) in [6, 6.07) is 5.55. The van der Waals surface area contributed by atoms with E-state index < -0.39 is 0 Å². The molecule has 1 fully saturated rings. The maximum Gasteiger partial charge on any atom is 0.132 e. The normalized spacial score (nSPS) is 21.2. The van der Waals surface area contributed by atoms with Crippen molar-refractivity contribution in [2.45, 2.75) is 39.3 Å². The molecule has 0 radical (unpaired) electrons. The lowest BCUT2D eigenvalue weighted by molar-refractivity contribution is 0.163. The molecule has 0 aliphatic carbocycles. The van der Waals surface area contributed by atoms with Crippen LogP contribution in [0, 0.1) is 11.7 Å². The Labute approximate surface area is 109 Å². The standard InChI is InChI=1S/C15H23FN2/c1-2-12-5-4-8-18(10-12)11-14-7-3-6-13(9-17)15(14)16/h3,6-7,12H,2,4-5,8-11,17H2,1H3. The Morgan fingerprint density at radius 1 is 1.39 bits per heavy atom. The Kier molecular flexibility index (Phi) is 4.72. The van der Waals surface area contributed by atoms with E-state index in [0.717, 1.165) is 31.1 Å². The number of rotatable bonds is 4. The van der Waals surface area contributed by atoms with E-state index in [1.807, 2.05) is 12.1 Å². The van der Waals surface area contributed by atoms with Crippen LogP contribution < -0.4 is 5.73 Å². The molecule has 100 valence electrons. The highest BCUT2D eigenvalue weighted by atomic mass is 19.1. The van der Waals surface area contributed by atoms with Crippen LogP contribution in [0.5, 0.6) is 0 Å². The predicted molar refractivity (Wildman–Crippen MR) is 72.6 cm³/mol. The van der Waals surface area contributed by atoms with Crippen LogP contribution in [0.2, 0.25) is 0 Å². The molecule has 1 heterocycles. The van der Waals surface area contributed by atoms with Crippen molar-refractivity contribution in [2.24, 2.45) is 11.7 Å². The topological polar surface area (TPSA) is 29.3 Å². The van der Waals surface area contributed by atoms with E-state index in [-0.39, 0.29) is 12.4 Å². The Bertz CT molecular complexity index is 392. The minimum absolute atomic E-state index is 0.112. The lowest BCUT2D eigenvalue weighted by Gasteiger charge is -2.32. The molecule has 1 atom stereocenters. The van der Waals surface area contributed by atoms with Gasteiger partial charge in [0, 0.05) is 30.8 Å². The van der Waals surface area contributed by atoms with Gasteiger partial charge in [-0.15, -0.1) is 0 Å².